The number of nitrogens with one attached hydrogen (secondary N) is 2. The lowest BCUT2D eigenvalue weighted by molar-refractivity contribution is 0.0965. The van der Waals surface area contributed by atoms with E-state index >= 15 is 0 Å². The summed E-state index contributed by atoms with van der Waals surface area (Å²) in [5.41, 5.74) is 0.440. The molecule has 1 amide bonds. The van der Waals surface area contributed by atoms with Gasteiger partial charge in [-0.3, -0.25) is 19.5 Å². The Bertz CT molecular complexity index is 885. The fourth-order valence-corrected chi connectivity index (χ4v) is 2.23. The predicted octanol–water partition coefficient (Wildman–Crippen LogP) is 0.674. The SMILES string of the molecule is C[C@@H](O)CN(C(=O)c1ccccc1)c1nc2nc[nH]c2c(=O)[nH]1. The van der Waals surface area contributed by atoms with Crippen LogP contribution in [0.1, 0.15) is 17.3 Å². The van der Waals surface area contributed by atoms with Crippen molar-refractivity contribution in [2.45, 2.75) is 13.0 Å². The maximum absolute atomic E-state index is 12.7. The minimum absolute atomic E-state index is 0.00734. The van der Waals surface area contributed by atoms with Crippen molar-refractivity contribution in [2.75, 3.05) is 11.4 Å². The molecule has 0 saturated carbocycles. The highest BCUT2D eigenvalue weighted by Gasteiger charge is 2.22. The van der Waals surface area contributed by atoms with Gasteiger partial charge in [0.05, 0.1) is 19.0 Å². The van der Waals surface area contributed by atoms with Gasteiger partial charge in [0.25, 0.3) is 11.5 Å². The number of carbonyl (C=O) groups is 1. The number of aromatic amines is 2. The van der Waals surface area contributed by atoms with Crippen molar-refractivity contribution in [2.24, 2.45) is 0 Å². The van der Waals surface area contributed by atoms with E-state index in [1.54, 1.807) is 37.3 Å². The molecule has 0 aliphatic carbocycles. The summed E-state index contributed by atoms with van der Waals surface area (Å²) in [6.45, 7) is 1.54. The average molecular weight is 313 g/mol. The van der Waals surface area contributed by atoms with E-state index in [0.29, 0.717) is 5.56 Å². The van der Waals surface area contributed by atoms with Crippen molar-refractivity contribution in [3.63, 3.8) is 0 Å². The lowest BCUT2D eigenvalue weighted by Gasteiger charge is -2.22. The standard InChI is InChI=1S/C15H15N5O3/c1-9(21)7-20(14(23)10-5-3-2-4-6-10)15-18-12-11(13(22)19-15)16-8-17-12/h2-6,8-9,21H,7H2,1H3,(H2,16,17,18,19,22)/t9-/m1/s1. The Balaban J connectivity index is 2.07. The van der Waals surface area contributed by atoms with E-state index < -0.39 is 11.7 Å². The molecule has 8 nitrogen and oxygen atoms in total. The first-order valence-electron chi connectivity index (χ1n) is 7.04. The first-order valence-corrected chi connectivity index (χ1v) is 7.04. The molecule has 0 fully saturated rings. The smallest absolute Gasteiger partial charge is 0.278 e. The summed E-state index contributed by atoms with van der Waals surface area (Å²) < 4.78 is 0. The minimum Gasteiger partial charge on any atom is -0.392 e. The second-order valence-electron chi connectivity index (χ2n) is 5.12. The van der Waals surface area contributed by atoms with Crippen LogP contribution in [0.3, 0.4) is 0 Å². The molecule has 23 heavy (non-hydrogen) atoms. The summed E-state index contributed by atoms with van der Waals surface area (Å²) in [4.78, 5) is 39.3. The zero-order chi connectivity index (χ0) is 16.4. The first-order chi connectivity index (χ1) is 11.1. The Morgan fingerprint density at radius 2 is 2.09 bits per heavy atom. The van der Waals surface area contributed by atoms with Crippen LogP contribution in [0, 0.1) is 0 Å². The van der Waals surface area contributed by atoms with E-state index in [9.17, 15) is 14.7 Å². The van der Waals surface area contributed by atoms with Crippen molar-refractivity contribution in [1.82, 2.24) is 19.9 Å². The van der Waals surface area contributed by atoms with Gasteiger partial charge in [-0.25, -0.2) is 4.98 Å². The summed E-state index contributed by atoms with van der Waals surface area (Å²) in [6.07, 6.45) is 0.567. The second-order valence-corrected chi connectivity index (χ2v) is 5.12. The molecule has 3 N–H and O–H groups in total. The number of carbonyl (C=O) groups excluding carboxylic acids is 1. The Morgan fingerprint density at radius 1 is 1.35 bits per heavy atom. The van der Waals surface area contributed by atoms with Crippen LogP contribution in [-0.2, 0) is 0 Å². The second kappa shape index (κ2) is 6.01. The van der Waals surface area contributed by atoms with Crippen LogP contribution in [0.5, 0.6) is 0 Å². The zero-order valence-corrected chi connectivity index (χ0v) is 12.4. The molecule has 2 heterocycles. The number of aliphatic hydroxyl groups excluding tert-OH is 1. The van der Waals surface area contributed by atoms with Gasteiger partial charge in [-0.15, -0.1) is 0 Å². The number of H-pyrrole nitrogens is 2. The number of amides is 1. The number of aliphatic hydroxyl groups is 1. The molecule has 0 radical (unpaired) electrons. The van der Waals surface area contributed by atoms with Gasteiger partial charge >= 0.3 is 0 Å². The monoisotopic (exact) mass is 313 g/mol. The molecule has 0 aliphatic rings. The maximum Gasteiger partial charge on any atom is 0.278 e. The minimum atomic E-state index is -0.789. The van der Waals surface area contributed by atoms with Crippen LogP contribution >= 0.6 is 0 Å². The number of fused-ring (bicyclic) bond motifs is 1. The fraction of sp³-hybridized carbons (Fsp3) is 0.200. The fourth-order valence-electron chi connectivity index (χ4n) is 2.23. The number of hydrogen-bond donors (Lipinski definition) is 3. The molecule has 0 spiro atoms. The van der Waals surface area contributed by atoms with Crippen LogP contribution in [0.2, 0.25) is 0 Å². The molecule has 1 aromatic carbocycles. The third-order valence-electron chi connectivity index (χ3n) is 3.25. The average Bonchev–Trinajstić information content (AvgIpc) is 3.01. The molecule has 0 bridgehead atoms. The Labute approximate surface area is 130 Å². The van der Waals surface area contributed by atoms with Gasteiger partial charge in [-0.1, -0.05) is 18.2 Å². The Morgan fingerprint density at radius 3 is 2.78 bits per heavy atom. The number of hydrogen-bond acceptors (Lipinski definition) is 5. The third-order valence-corrected chi connectivity index (χ3v) is 3.25. The predicted molar refractivity (Wildman–Crippen MR) is 84.3 cm³/mol. The van der Waals surface area contributed by atoms with Crippen molar-refractivity contribution in [3.8, 4) is 0 Å². The van der Waals surface area contributed by atoms with Crippen molar-refractivity contribution < 1.29 is 9.90 Å². The van der Waals surface area contributed by atoms with Gasteiger partial charge in [-0.2, -0.15) is 4.98 Å². The Hall–Kier alpha value is -3.00. The lowest BCUT2D eigenvalue weighted by Crippen LogP contribution is -2.38. The molecule has 1 atom stereocenters. The molecule has 0 unspecified atom stereocenters. The van der Waals surface area contributed by atoms with Crippen LogP contribution in [0.4, 0.5) is 5.95 Å². The Kier molecular flexibility index (Phi) is 3.90. The lowest BCUT2D eigenvalue weighted by atomic mass is 10.2. The molecule has 8 heteroatoms. The van der Waals surface area contributed by atoms with Crippen LogP contribution in [0.25, 0.3) is 11.2 Å². The highest BCUT2D eigenvalue weighted by molar-refractivity contribution is 6.05. The number of rotatable bonds is 4. The maximum atomic E-state index is 12.7. The van der Waals surface area contributed by atoms with Crippen molar-refractivity contribution in [1.29, 1.82) is 0 Å². The normalized spacial score (nSPS) is 12.3. The molecular formula is C15H15N5O3. The summed E-state index contributed by atoms with van der Waals surface area (Å²) in [5.74, 6) is -0.325. The van der Waals surface area contributed by atoms with E-state index in [0.717, 1.165) is 0 Å². The van der Waals surface area contributed by atoms with Crippen LogP contribution < -0.4 is 10.5 Å². The topological polar surface area (TPSA) is 115 Å². The van der Waals surface area contributed by atoms with E-state index in [-0.39, 0.29) is 29.6 Å². The van der Waals surface area contributed by atoms with E-state index in [2.05, 4.69) is 19.9 Å². The van der Waals surface area contributed by atoms with Crippen molar-refractivity contribution >= 4 is 23.0 Å². The van der Waals surface area contributed by atoms with Crippen molar-refractivity contribution in [3.05, 3.63) is 52.6 Å². The van der Waals surface area contributed by atoms with E-state index in [1.165, 1.54) is 11.2 Å². The van der Waals surface area contributed by atoms with Gasteiger partial charge in [0.1, 0.15) is 0 Å². The number of imidazole rings is 1. The first kappa shape index (κ1) is 14.9. The molecular weight excluding hydrogens is 298 g/mol. The van der Waals surface area contributed by atoms with Crippen LogP contribution in [-0.4, -0.2) is 43.6 Å². The summed E-state index contributed by atoms with van der Waals surface area (Å²) >= 11 is 0. The summed E-state index contributed by atoms with van der Waals surface area (Å²) in [5, 5.41) is 9.69. The van der Waals surface area contributed by atoms with E-state index in [4.69, 9.17) is 0 Å². The quantitative estimate of drug-likeness (QED) is 0.655. The molecule has 3 aromatic rings. The molecule has 3 rings (SSSR count). The van der Waals surface area contributed by atoms with Gasteiger partial charge in [-0.05, 0) is 19.1 Å². The molecule has 0 saturated heterocycles. The van der Waals surface area contributed by atoms with Gasteiger partial charge in [0, 0.05) is 5.56 Å². The number of benzene rings is 1. The highest BCUT2D eigenvalue weighted by atomic mass is 16.3. The van der Waals surface area contributed by atoms with Gasteiger partial charge in [0.15, 0.2) is 11.2 Å². The third kappa shape index (κ3) is 2.97. The van der Waals surface area contributed by atoms with Crippen LogP contribution in [0.15, 0.2) is 41.5 Å². The summed E-state index contributed by atoms with van der Waals surface area (Å²) in [6, 6.07) is 8.58. The molecule has 0 aliphatic heterocycles. The van der Waals surface area contributed by atoms with Gasteiger partial charge < -0.3 is 10.1 Å². The number of aromatic nitrogens is 4. The van der Waals surface area contributed by atoms with Gasteiger partial charge in [0.2, 0.25) is 5.95 Å². The number of anilines is 1. The highest BCUT2D eigenvalue weighted by Crippen LogP contribution is 2.14. The molecule has 2 aromatic heterocycles. The summed E-state index contributed by atoms with van der Waals surface area (Å²) in [7, 11) is 0. The number of nitrogens with zero attached hydrogens (tertiary/aromatic N) is 3. The molecule has 118 valence electrons. The largest absolute Gasteiger partial charge is 0.392 e. The zero-order valence-electron chi connectivity index (χ0n) is 12.4. The van der Waals surface area contributed by atoms with E-state index in [1.807, 2.05) is 0 Å².